The molecule has 0 aromatic heterocycles. The molecule has 0 fully saturated rings. The van der Waals surface area contributed by atoms with Gasteiger partial charge in [0.05, 0.1) is 5.56 Å². The zero-order valence-corrected chi connectivity index (χ0v) is 10.9. The van der Waals surface area contributed by atoms with Crippen LogP contribution in [-0.4, -0.2) is 31.1 Å². The van der Waals surface area contributed by atoms with Gasteiger partial charge in [0.2, 0.25) is 0 Å². The van der Waals surface area contributed by atoms with Gasteiger partial charge >= 0.3 is 12.0 Å². The number of halogens is 1. The number of hydrogen-bond acceptors (Lipinski definition) is 4. The van der Waals surface area contributed by atoms with Crippen LogP contribution in [0.25, 0.3) is 0 Å². The molecule has 7 heteroatoms. The fraction of sp³-hybridized carbons (Fsp3) is 0.308. The second-order valence-corrected chi connectivity index (χ2v) is 3.86. The van der Waals surface area contributed by atoms with E-state index in [1.54, 1.807) is 0 Å². The molecule has 1 aromatic rings. The molecule has 2 N–H and O–H groups in total. The lowest BCUT2D eigenvalue weighted by molar-refractivity contribution is -0.123. The van der Waals surface area contributed by atoms with Gasteiger partial charge in [0.15, 0.2) is 6.61 Å². The van der Waals surface area contributed by atoms with Gasteiger partial charge < -0.3 is 10.1 Å². The van der Waals surface area contributed by atoms with Crippen LogP contribution in [0.15, 0.2) is 24.3 Å². The van der Waals surface area contributed by atoms with Crippen molar-refractivity contribution >= 4 is 17.9 Å². The standard InChI is InChI=1S/C13H15FN2O4/c1-2-7-15-13(19)16-11(17)8-20-12(18)9-5-3-4-6-10(9)14/h3-6H,2,7-8H2,1H3,(H2,15,16,17,19). The van der Waals surface area contributed by atoms with Gasteiger partial charge in [0.1, 0.15) is 5.82 Å². The Bertz CT molecular complexity index is 505. The second kappa shape index (κ2) is 7.88. The third-order valence-corrected chi connectivity index (χ3v) is 2.22. The van der Waals surface area contributed by atoms with E-state index >= 15 is 0 Å². The summed E-state index contributed by atoms with van der Waals surface area (Å²) in [4.78, 5) is 33.9. The van der Waals surface area contributed by atoms with Crippen molar-refractivity contribution in [3.8, 4) is 0 Å². The number of nitrogens with one attached hydrogen (secondary N) is 2. The minimum Gasteiger partial charge on any atom is -0.452 e. The van der Waals surface area contributed by atoms with E-state index in [0.29, 0.717) is 6.54 Å². The zero-order valence-electron chi connectivity index (χ0n) is 10.9. The monoisotopic (exact) mass is 282 g/mol. The summed E-state index contributed by atoms with van der Waals surface area (Å²) >= 11 is 0. The Morgan fingerprint density at radius 1 is 1.25 bits per heavy atom. The highest BCUT2D eigenvalue weighted by Crippen LogP contribution is 2.07. The van der Waals surface area contributed by atoms with Crippen molar-refractivity contribution in [2.45, 2.75) is 13.3 Å². The van der Waals surface area contributed by atoms with E-state index in [1.807, 2.05) is 12.2 Å². The van der Waals surface area contributed by atoms with Crippen molar-refractivity contribution in [1.82, 2.24) is 10.6 Å². The van der Waals surface area contributed by atoms with E-state index in [0.717, 1.165) is 12.5 Å². The van der Waals surface area contributed by atoms with Crippen LogP contribution in [0.4, 0.5) is 9.18 Å². The largest absolute Gasteiger partial charge is 0.452 e. The Hall–Kier alpha value is -2.44. The third-order valence-electron chi connectivity index (χ3n) is 2.22. The minimum atomic E-state index is -0.966. The van der Waals surface area contributed by atoms with Crippen molar-refractivity contribution in [1.29, 1.82) is 0 Å². The van der Waals surface area contributed by atoms with Crippen LogP contribution in [0.2, 0.25) is 0 Å². The van der Waals surface area contributed by atoms with Crippen molar-refractivity contribution in [2.24, 2.45) is 0 Å². The second-order valence-electron chi connectivity index (χ2n) is 3.86. The quantitative estimate of drug-likeness (QED) is 0.795. The Morgan fingerprint density at radius 2 is 1.95 bits per heavy atom. The summed E-state index contributed by atoms with van der Waals surface area (Å²) < 4.78 is 17.9. The maximum atomic E-state index is 13.2. The lowest BCUT2D eigenvalue weighted by Gasteiger charge is -2.07. The summed E-state index contributed by atoms with van der Waals surface area (Å²) in [6.45, 7) is 1.62. The van der Waals surface area contributed by atoms with Gasteiger partial charge in [-0.2, -0.15) is 0 Å². The van der Waals surface area contributed by atoms with Crippen molar-refractivity contribution in [3.05, 3.63) is 35.6 Å². The van der Waals surface area contributed by atoms with Gasteiger partial charge in [0.25, 0.3) is 5.91 Å². The maximum Gasteiger partial charge on any atom is 0.341 e. The molecular weight excluding hydrogens is 267 g/mol. The molecule has 3 amide bonds. The van der Waals surface area contributed by atoms with Crippen LogP contribution in [0.1, 0.15) is 23.7 Å². The Balaban J connectivity index is 2.40. The van der Waals surface area contributed by atoms with E-state index in [-0.39, 0.29) is 5.56 Å². The Labute approximate surface area is 115 Å². The highest BCUT2D eigenvalue weighted by atomic mass is 19.1. The fourth-order valence-corrected chi connectivity index (χ4v) is 1.28. The fourth-order valence-electron chi connectivity index (χ4n) is 1.28. The number of carbonyl (C=O) groups is 3. The number of hydrogen-bond donors (Lipinski definition) is 2. The summed E-state index contributed by atoms with van der Waals surface area (Å²) in [5.41, 5.74) is -0.268. The van der Waals surface area contributed by atoms with Crippen LogP contribution in [0.5, 0.6) is 0 Å². The predicted octanol–water partition coefficient (Wildman–Crippen LogP) is 1.22. The smallest absolute Gasteiger partial charge is 0.341 e. The summed E-state index contributed by atoms with van der Waals surface area (Å²) in [7, 11) is 0. The van der Waals surface area contributed by atoms with E-state index in [4.69, 9.17) is 0 Å². The van der Waals surface area contributed by atoms with Gasteiger partial charge in [0, 0.05) is 6.54 Å². The molecule has 108 valence electrons. The number of carbonyl (C=O) groups excluding carboxylic acids is 3. The first-order valence-corrected chi connectivity index (χ1v) is 6.04. The van der Waals surface area contributed by atoms with Gasteiger partial charge in [-0.3, -0.25) is 10.1 Å². The molecule has 0 bridgehead atoms. The first-order valence-electron chi connectivity index (χ1n) is 6.04. The van der Waals surface area contributed by atoms with Crippen LogP contribution in [-0.2, 0) is 9.53 Å². The molecule has 0 saturated carbocycles. The van der Waals surface area contributed by atoms with E-state index in [9.17, 15) is 18.8 Å². The summed E-state index contributed by atoms with van der Waals surface area (Å²) in [6.07, 6.45) is 0.726. The van der Waals surface area contributed by atoms with Gasteiger partial charge in [-0.15, -0.1) is 0 Å². The Kier molecular flexibility index (Phi) is 6.15. The number of imide groups is 1. The molecule has 0 aliphatic rings. The van der Waals surface area contributed by atoms with Crippen molar-refractivity contribution < 1.29 is 23.5 Å². The summed E-state index contributed by atoms with van der Waals surface area (Å²) in [5, 5.41) is 4.40. The molecule has 0 spiro atoms. The molecule has 6 nitrogen and oxygen atoms in total. The number of amides is 3. The average molecular weight is 282 g/mol. The average Bonchev–Trinajstić information content (AvgIpc) is 2.43. The van der Waals surface area contributed by atoms with Crippen LogP contribution >= 0.6 is 0 Å². The highest BCUT2D eigenvalue weighted by molar-refractivity contribution is 5.97. The van der Waals surface area contributed by atoms with Crippen LogP contribution in [0, 0.1) is 5.82 Å². The van der Waals surface area contributed by atoms with E-state index < -0.39 is 30.3 Å². The maximum absolute atomic E-state index is 13.2. The third kappa shape index (κ3) is 5.05. The first kappa shape index (κ1) is 15.6. The molecule has 0 radical (unpaired) electrons. The number of rotatable bonds is 5. The predicted molar refractivity (Wildman–Crippen MR) is 68.5 cm³/mol. The molecule has 0 unspecified atom stereocenters. The normalized spacial score (nSPS) is 9.70. The molecule has 0 aliphatic carbocycles. The molecule has 0 saturated heterocycles. The summed E-state index contributed by atoms with van der Waals surface area (Å²) in [6, 6.07) is 4.58. The SMILES string of the molecule is CCCNC(=O)NC(=O)COC(=O)c1ccccc1F. The molecule has 0 aliphatic heterocycles. The van der Waals surface area contributed by atoms with Gasteiger partial charge in [-0.25, -0.2) is 14.0 Å². The lowest BCUT2D eigenvalue weighted by Crippen LogP contribution is -2.41. The van der Waals surface area contributed by atoms with Crippen molar-refractivity contribution in [3.63, 3.8) is 0 Å². The van der Waals surface area contributed by atoms with Crippen LogP contribution in [0.3, 0.4) is 0 Å². The number of benzene rings is 1. The number of urea groups is 1. The highest BCUT2D eigenvalue weighted by Gasteiger charge is 2.15. The molecular formula is C13H15FN2O4. The zero-order chi connectivity index (χ0) is 15.0. The van der Waals surface area contributed by atoms with E-state index in [1.165, 1.54) is 18.2 Å². The van der Waals surface area contributed by atoms with Gasteiger partial charge in [-0.05, 0) is 18.6 Å². The Morgan fingerprint density at radius 3 is 2.60 bits per heavy atom. The molecule has 1 aromatic carbocycles. The number of esters is 1. The number of ether oxygens (including phenoxy) is 1. The topological polar surface area (TPSA) is 84.5 Å². The molecule has 0 atom stereocenters. The van der Waals surface area contributed by atoms with Crippen LogP contribution < -0.4 is 10.6 Å². The molecule has 1 rings (SSSR count). The first-order chi connectivity index (χ1) is 9.54. The minimum absolute atomic E-state index is 0.268. The molecule has 20 heavy (non-hydrogen) atoms. The summed E-state index contributed by atoms with van der Waals surface area (Å²) in [5.74, 6) is -2.49. The van der Waals surface area contributed by atoms with Crippen molar-refractivity contribution in [2.75, 3.05) is 13.2 Å². The van der Waals surface area contributed by atoms with E-state index in [2.05, 4.69) is 10.1 Å². The lowest BCUT2D eigenvalue weighted by atomic mass is 10.2. The van der Waals surface area contributed by atoms with Gasteiger partial charge in [-0.1, -0.05) is 19.1 Å². The molecule has 0 heterocycles.